The largest absolute Gasteiger partial charge is 0.427 e. The first-order valence-corrected chi connectivity index (χ1v) is 10.9. The van der Waals surface area contributed by atoms with Crippen LogP contribution in [0.5, 0.6) is 0 Å². The van der Waals surface area contributed by atoms with Crippen LogP contribution in [0.2, 0.25) is 0 Å². The van der Waals surface area contributed by atoms with E-state index in [1.165, 1.54) is 28.4 Å². The SMILES string of the molecule is CC(CCN)SC1=C(C(=O)OCOC(=O)C(C)(C)C)N2C(=O)C(C(C)O)[C@H]2S1. The number of ether oxygens (including phenoxy) is 2. The Bertz CT molecular complexity index is 673. The van der Waals surface area contributed by atoms with Crippen molar-refractivity contribution in [3.8, 4) is 0 Å². The molecular weight excluding hydrogens is 404 g/mol. The number of β-lactam (4-membered cyclic amide) rings is 1. The highest BCUT2D eigenvalue weighted by molar-refractivity contribution is 8.23. The van der Waals surface area contributed by atoms with E-state index in [4.69, 9.17) is 15.2 Å². The van der Waals surface area contributed by atoms with Gasteiger partial charge in [0.25, 0.3) is 0 Å². The highest BCUT2D eigenvalue weighted by atomic mass is 32.2. The van der Waals surface area contributed by atoms with E-state index in [-0.39, 0.29) is 22.2 Å². The van der Waals surface area contributed by atoms with Crippen molar-refractivity contribution in [1.82, 2.24) is 4.90 Å². The van der Waals surface area contributed by atoms with Crippen LogP contribution >= 0.6 is 23.5 Å². The van der Waals surface area contributed by atoms with Gasteiger partial charge < -0.3 is 20.3 Å². The van der Waals surface area contributed by atoms with E-state index in [0.717, 1.165) is 6.42 Å². The van der Waals surface area contributed by atoms with E-state index in [0.29, 0.717) is 10.8 Å². The Hall–Kier alpha value is -1.23. The molecule has 1 fully saturated rings. The average molecular weight is 433 g/mol. The van der Waals surface area contributed by atoms with Gasteiger partial charge in [0.15, 0.2) is 5.70 Å². The number of aliphatic hydroxyl groups is 1. The summed E-state index contributed by atoms with van der Waals surface area (Å²) in [6.07, 6.45) is -0.0596. The molecule has 0 aromatic heterocycles. The molecule has 158 valence electrons. The van der Waals surface area contributed by atoms with Crippen LogP contribution in [0.25, 0.3) is 0 Å². The molecule has 1 saturated heterocycles. The Morgan fingerprint density at radius 3 is 2.50 bits per heavy atom. The zero-order valence-corrected chi connectivity index (χ0v) is 18.4. The van der Waals surface area contributed by atoms with Gasteiger partial charge in [0.1, 0.15) is 5.37 Å². The Balaban J connectivity index is 2.12. The second-order valence-corrected chi connectivity index (χ2v) is 10.7. The maximum atomic E-state index is 12.7. The molecule has 4 atom stereocenters. The summed E-state index contributed by atoms with van der Waals surface area (Å²) >= 11 is 2.83. The lowest BCUT2D eigenvalue weighted by atomic mass is 9.92. The number of hydrogen-bond acceptors (Lipinski definition) is 9. The number of fused-ring (bicyclic) bond motifs is 1. The Morgan fingerprint density at radius 1 is 1.32 bits per heavy atom. The fourth-order valence-electron chi connectivity index (χ4n) is 2.72. The monoisotopic (exact) mass is 432 g/mol. The van der Waals surface area contributed by atoms with E-state index in [2.05, 4.69) is 0 Å². The quantitative estimate of drug-likeness (QED) is 0.335. The third-order valence-corrected chi connectivity index (χ3v) is 7.11. The normalized spacial score (nSPS) is 23.8. The van der Waals surface area contributed by atoms with Crippen LogP contribution in [0, 0.1) is 11.3 Å². The average Bonchev–Trinajstić information content (AvgIpc) is 2.87. The lowest BCUT2D eigenvalue weighted by Gasteiger charge is -2.43. The number of aliphatic hydroxyl groups excluding tert-OH is 1. The molecule has 0 aromatic rings. The van der Waals surface area contributed by atoms with E-state index in [1.54, 1.807) is 27.7 Å². The predicted molar refractivity (Wildman–Crippen MR) is 108 cm³/mol. The molecule has 0 aliphatic carbocycles. The van der Waals surface area contributed by atoms with Crippen molar-refractivity contribution in [2.24, 2.45) is 17.1 Å². The summed E-state index contributed by atoms with van der Waals surface area (Å²) in [4.78, 5) is 38.3. The Labute approximate surface area is 173 Å². The van der Waals surface area contributed by atoms with E-state index < -0.39 is 36.2 Å². The zero-order chi connectivity index (χ0) is 21.2. The van der Waals surface area contributed by atoms with Gasteiger partial charge in [-0.1, -0.05) is 18.7 Å². The van der Waals surface area contributed by atoms with Crippen molar-refractivity contribution in [2.45, 2.75) is 57.8 Å². The van der Waals surface area contributed by atoms with Crippen LogP contribution in [-0.4, -0.2) is 57.9 Å². The third kappa shape index (κ3) is 4.84. The topological polar surface area (TPSA) is 119 Å². The van der Waals surface area contributed by atoms with Gasteiger partial charge in [-0.3, -0.25) is 14.5 Å². The smallest absolute Gasteiger partial charge is 0.359 e. The first kappa shape index (κ1) is 23.1. The van der Waals surface area contributed by atoms with Gasteiger partial charge in [-0.05, 0) is 40.7 Å². The van der Waals surface area contributed by atoms with Gasteiger partial charge in [0.2, 0.25) is 12.7 Å². The summed E-state index contributed by atoms with van der Waals surface area (Å²) < 4.78 is 10.8. The van der Waals surface area contributed by atoms with Crippen molar-refractivity contribution in [3.63, 3.8) is 0 Å². The fraction of sp³-hybridized carbons (Fsp3) is 0.722. The lowest BCUT2D eigenvalue weighted by molar-refractivity contribution is -0.174. The molecule has 2 rings (SSSR count). The van der Waals surface area contributed by atoms with Gasteiger partial charge in [0.05, 0.1) is 21.7 Å². The van der Waals surface area contributed by atoms with Crippen molar-refractivity contribution in [3.05, 3.63) is 9.93 Å². The molecule has 0 saturated carbocycles. The number of amides is 1. The summed E-state index contributed by atoms with van der Waals surface area (Å²) in [5, 5.41) is 9.68. The maximum absolute atomic E-state index is 12.7. The zero-order valence-electron chi connectivity index (χ0n) is 16.8. The second kappa shape index (κ2) is 9.06. The minimum Gasteiger partial charge on any atom is -0.427 e. The van der Waals surface area contributed by atoms with Crippen molar-refractivity contribution < 1.29 is 29.0 Å². The van der Waals surface area contributed by atoms with Crippen LogP contribution in [0.3, 0.4) is 0 Å². The number of hydrogen-bond donors (Lipinski definition) is 2. The van der Waals surface area contributed by atoms with Gasteiger partial charge in [-0.2, -0.15) is 0 Å². The second-order valence-electron chi connectivity index (χ2n) is 7.86. The highest BCUT2D eigenvalue weighted by Gasteiger charge is 2.58. The first-order chi connectivity index (χ1) is 13.0. The molecule has 28 heavy (non-hydrogen) atoms. The molecule has 10 heteroatoms. The highest BCUT2D eigenvalue weighted by Crippen LogP contribution is 2.54. The molecule has 3 N–H and O–H groups in total. The summed E-state index contributed by atoms with van der Waals surface area (Å²) in [6, 6.07) is 0. The molecule has 1 amide bonds. The molecule has 0 radical (unpaired) electrons. The van der Waals surface area contributed by atoms with Gasteiger partial charge in [0, 0.05) is 5.25 Å². The summed E-state index contributed by atoms with van der Waals surface area (Å²) in [5.41, 5.74) is 5.04. The van der Waals surface area contributed by atoms with Crippen LogP contribution in [0.15, 0.2) is 9.93 Å². The number of rotatable bonds is 8. The molecule has 2 aliphatic rings. The van der Waals surface area contributed by atoms with Gasteiger partial charge in [-0.15, -0.1) is 11.8 Å². The number of thioether (sulfide) groups is 2. The molecule has 0 spiro atoms. The molecule has 2 heterocycles. The third-order valence-electron chi connectivity index (χ3n) is 4.33. The number of carbonyl (C=O) groups excluding carboxylic acids is 3. The summed E-state index contributed by atoms with van der Waals surface area (Å²) in [6.45, 7) is 8.62. The minimum absolute atomic E-state index is 0.146. The standard InChI is InChI=1S/C18H28N2O6S2/c1-9(6-7-19)27-16-12(15(23)25-8-26-17(24)18(3,4)5)20-13(22)11(10(2)21)14(20)28-16/h9-11,14,21H,6-8,19H2,1-5H3/t9?,10?,11?,14-/m1/s1. The van der Waals surface area contributed by atoms with E-state index >= 15 is 0 Å². The minimum atomic E-state index is -0.808. The van der Waals surface area contributed by atoms with Crippen molar-refractivity contribution >= 4 is 41.4 Å². The van der Waals surface area contributed by atoms with E-state index in [1.807, 2.05) is 6.92 Å². The predicted octanol–water partition coefficient (Wildman–Crippen LogP) is 1.63. The number of nitrogens with zero attached hydrogens (tertiary/aromatic N) is 1. The van der Waals surface area contributed by atoms with E-state index in [9.17, 15) is 19.5 Å². The van der Waals surface area contributed by atoms with Crippen molar-refractivity contribution in [2.75, 3.05) is 13.3 Å². The number of nitrogens with two attached hydrogens (primary N) is 1. The van der Waals surface area contributed by atoms with Crippen LogP contribution in [0.1, 0.15) is 41.0 Å². The number of esters is 2. The molecule has 2 aliphatic heterocycles. The van der Waals surface area contributed by atoms with Crippen molar-refractivity contribution in [1.29, 1.82) is 0 Å². The number of carbonyl (C=O) groups is 3. The fourth-order valence-corrected chi connectivity index (χ4v) is 5.96. The van der Waals surface area contributed by atoms with Crippen LogP contribution < -0.4 is 5.73 Å². The lowest BCUT2D eigenvalue weighted by Crippen LogP contribution is -2.60. The summed E-state index contributed by atoms with van der Waals surface area (Å²) in [5.74, 6) is -2.09. The molecular formula is C18H28N2O6S2. The van der Waals surface area contributed by atoms with Gasteiger partial charge >= 0.3 is 11.9 Å². The first-order valence-electron chi connectivity index (χ1n) is 9.12. The molecule has 0 bridgehead atoms. The van der Waals surface area contributed by atoms with Crippen LogP contribution in [0.4, 0.5) is 0 Å². The molecule has 8 nitrogen and oxygen atoms in total. The maximum Gasteiger partial charge on any atom is 0.359 e. The molecule has 3 unspecified atom stereocenters. The Kier molecular flexibility index (Phi) is 7.46. The van der Waals surface area contributed by atoms with Crippen LogP contribution in [-0.2, 0) is 23.9 Å². The van der Waals surface area contributed by atoms with Gasteiger partial charge in [-0.25, -0.2) is 4.79 Å². The summed E-state index contributed by atoms with van der Waals surface area (Å²) in [7, 11) is 0. The molecule has 0 aromatic carbocycles. The Morgan fingerprint density at radius 2 is 1.96 bits per heavy atom.